The summed E-state index contributed by atoms with van der Waals surface area (Å²) in [5, 5.41) is 0. The molecule has 0 aliphatic heterocycles. The molecule has 0 aliphatic rings. The summed E-state index contributed by atoms with van der Waals surface area (Å²) in [6, 6.07) is 17.8. The fourth-order valence-corrected chi connectivity index (χ4v) is 2.84. The van der Waals surface area contributed by atoms with Crippen LogP contribution in [0.4, 0.5) is 0 Å². The fraction of sp³-hybridized carbons (Fsp3) is 0.400. The standard InChI is InChI=1S/C20H28N2/c1-16(11-12-21)13-17-7-9-19(10-8-17)20-6-4-5-18(14-20)15-22(2)3/h4-10,14,16H,11-13,15,21H2,1-3H3. The molecule has 0 bridgehead atoms. The Morgan fingerprint density at radius 2 is 1.68 bits per heavy atom. The number of nitrogens with two attached hydrogens (primary N) is 1. The van der Waals surface area contributed by atoms with E-state index in [9.17, 15) is 0 Å². The van der Waals surface area contributed by atoms with E-state index in [2.05, 4.69) is 74.4 Å². The molecule has 2 nitrogen and oxygen atoms in total. The molecule has 0 amide bonds. The summed E-state index contributed by atoms with van der Waals surface area (Å²) in [6.45, 7) is 4.02. The van der Waals surface area contributed by atoms with E-state index in [-0.39, 0.29) is 0 Å². The Kier molecular flexibility index (Phi) is 6.17. The van der Waals surface area contributed by atoms with Crippen molar-refractivity contribution in [3.8, 4) is 11.1 Å². The Morgan fingerprint density at radius 3 is 2.32 bits per heavy atom. The second-order valence-electron chi connectivity index (χ2n) is 6.52. The van der Waals surface area contributed by atoms with Crippen molar-refractivity contribution in [2.75, 3.05) is 20.6 Å². The SMILES string of the molecule is CC(CCN)Cc1ccc(-c2cccc(CN(C)C)c2)cc1. The van der Waals surface area contributed by atoms with E-state index in [1.54, 1.807) is 0 Å². The topological polar surface area (TPSA) is 29.3 Å². The molecule has 0 aliphatic carbocycles. The summed E-state index contributed by atoms with van der Waals surface area (Å²) < 4.78 is 0. The molecule has 1 atom stereocenters. The van der Waals surface area contributed by atoms with E-state index >= 15 is 0 Å². The van der Waals surface area contributed by atoms with Gasteiger partial charge in [0.15, 0.2) is 0 Å². The van der Waals surface area contributed by atoms with Crippen molar-refractivity contribution in [3.05, 3.63) is 59.7 Å². The number of hydrogen-bond donors (Lipinski definition) is 1. The molecule has 22 heavy (non-hydrogen) atoms. The van der Waals surface area contributed by atoms with Crippen molar-refractivity contribution in [3.63, 3.8) is 0 Å². The Morgan fingerprint density at radius 1 is 0.955 bits per heavy atom. The molecule has 0 spiro atoms. The van der Waals surface area contributed by atoms with Gasteiger partial charge in [0.1, 0.15) is 0 Å². The zero-order valence-corrected chi connectivity index (χ0v) is 14.0. The Bertz CT molecular complexity index is 573. The van der Waals surface area contributed by atoms with Gasteiger partial charge in [-0.15, -0.1) is 0 Å². The van der Waals surface area contributed by atoms with E-state index in [4.69, 9.17) is 5.73 Å². The van der Waals surface area contributed by atoms with Crippen LogP contribution in [0, 0.1) is 5.92 Å². The van der Waals surface area contributed by atoms with Crippen molar-refractivity contribution >= 4 is 0 Å². The maximum Gasteiger partial charge on any atom is 0.0227 e. The molecule has 118 valence electrons. The molecule has 0 fully saturated rings. The van der Waals surface area contributed by atoms with Gasteiger partial charge in [-0.2, -0.15) is 0 Å². The number of hydrogen-bond acceptors (Lipinski definition) is 2. The molecule has 1 unspecified atom stereocenters. The fourth-order valence-electron chi connectivity index (χ4n) is 2.84. The van der Waals surface area contributed by atoms with E-state index in [0.717, 1.165) is 25.9 Å². The summed E-state index contributed by atoms with van der Waals surface area (Å²) in [4.78, 5) is 2.20. The van der Waals surface area contributed by atoms with Crippen LogP contribution >= 0.6 is 0 Å². The van der Waals surface area contributed by atoms with Gasteiger partial charge < -0.3 is 10.6 Å². The first-order valence-electron chi connectivity index (χ1n) is 8.11. The zero-order valence-electron chi connectivity index (χ0n) is 14.0. The minimum absolute atomic E-state index is 0.652. The highest BCUT2D eigenvalue weighted by Crippen LogP contribution is 2.22. The molecular weight excluding hydrogens is 268 g/mol. The Labute approximate surface area is 135 Å². The summed E-state index contributed by atoms with van der Waals surface area (Å²) in [5.41, 5.74) is 11.0. The average molecular weight is 296 g/mol. The molecule has 0 aromatic heterocycles. The second-order valence-corrected chi connectivity index (χ2v) is 6.52. The molecule has 2 N–H and O–H groups in total. The van der Waals surface area contributed by atoms with Crippen LogP contribution in [-0.4, -0.2) is 25.5 Å². The van der Waals surface area contributed by atoms with Gasteiger partial charge in [0.25, 0.3) is 0 Å². The van der Waals surface area contributed by atoms with E-state index in [0.29, 0.717) is 5.92 Å². The van der Waals surface area contributed by atoms with E-state index in [1.807, 2.05) is 0 Å². The lowest BCUT2D eigenvalue weighted by Gasteiger charge is -2.12. The van der Waals surface area contributed by atoms with E-state index < -0.39 is 0 Å². The summed E-state index contributed by atoms with van der Waals surface area (Å²) in [5.74, 6) is 0.652. The molecule has 2 aromatic rings. The molecule has 0 saturated heterocycles. The summed E-state index contributed by atoms with van der Waals surface area (Å²) in [7, 11) is 4.20. The van der Waals surface area contributed by atoms with Gasteiger partial charge in [-0.1, -0.05) is 49.4 Å². The van der Waals surface area contributed by atoms with E-state index in [1.165, 1.54) is 22.3 Å². The van der Waals surface area contributed by atoms with Gasteiger partial charge in [0.05, 0.1) is 0 Å². The van der Waals surface area contributed by atoms with Crippen LogP contribution in [0.5, 0.6) is 0 Å². The first kappa shape index (κ1) is 16.7. The van der Waals surface area contributed by atoms with Crippen LogP contribution in [0.15, 0.2) is 48.5 Å². The first-order chi connectivity index (χ1) is 10.6. The largest absolute Gasteiger partial charge is 0.330 e. The molecule has 0 heterocycles. The maximum absolute atomic E-state index is 5.63. The third-order valence-corrected chi connectivity index (χ3v) is 3.96. The lowest BCUT2D eigenvalue weighted by molar-refractivity contribution is 0.402. The van der Waals surface area contributed by atoms with Gasteiger partial charge in [0, 0.05) is 6.54 Å². The minimum Gasteiger partial charge on any atom is -0.330 e. The van der Waals surface area contributed by atoms with Crippen molar-refractivity contribution in [2.24, 2.45) is 11.7 Å². The van der Waals surface area contributed by atoms with Gasteiger partial charge in [-0.05, 0) is 67.7 Å². The highest BCUT2D eigenvalue weighted by molar-refractivity contribution is 5.64. The smallest absolute Gasteiger partial charge is 0.0227 e. The third kappa shape index (κ3) is 4.97. The highest BCUT2D eigenvalue weighted by Gasteiger charge is 2.04. The van der Waals surface area contributed by atoms with Crippen molar-refractivity contribution in [1.82, 2.24) is 4.90 Å². The van der Waals surface area contributed by atoms with Gasteiger partial charge in [-0.25, -0.2) is 0 Å². The lowest BCUT2D eigenvalue weighted by Crippen LogP contribution is -2.10. The maximum atomic E-state index is 5.63. The summed E-state index contributed by atoms with van der Waals surface area (Å²) in [6.07, 6.45) is 2.20. The van der Waals surface area contributed by atoms with Crippen LogP contribution in [0.1, 0.15) is 24.5 Å². The summed E-state index contributed by atoms with van der Waals surface area (Å²) >= 11 is 0. The van der Waals surface area contributed by atoms with Crippen LogP contribution in [0.3, 0.4) is 0 Å². The molecule has 2 rings (SSSR count). The van der Waals surface area contributed by atoms with Crippen molar-refractivity contribution < 1.29 is 0 Å². The predicted molar refractivity (Wildman–Crippen MR) is 95.8 cm³/mol. The van der Waals surface area contributed by atoms with Gasteiger partial charge in [0.2, 0.25) is 0 Å². The molecule has 2 heteroatoms. The Balaban J connectivity index is 2.10. The van der Waals surface area contributed by atoms with Crippen LogP contribution < -0.4 is 5.73 Å². The molecular formula is C20H28N2. The quantitative estimate of drug-likeness (QED) is 0.838. The zero-order chi connectivity index (χ0) is 15.9. The average Bonchev–Trinajstić information content (AvgIpc) is 2.48. The monoisotopic (exact) mass is 296 g/mol. The number of benzene rings is 2. The minimum atomic E-state index is 0.652. The highest BCUT2D eigenvalue weighted by atomic mass is 15.0. The molecule has 0 radical (unpaired) electrons. The normalized spacial score (nSPS) is 12.6. The Hall–Kier alpha value is -1.64. The predicted octanol–water partition coefficient (Wildman–Crippen LogP) is 3.94. The number of rotatable bonds is 7. The first-order valence-corrected chi connectivity index (χ1v) is 8.11. The lowest BCUT2D eigenvalue weighted by atomic mass is 9.96. The van der Waals surface area contributed by atoms with Gasteiger partial charge in [-0.3, -0.25) is 0 Å². The third-order valence-electron chi connectivity index (χ3n) is 3.96. The molecule has 2 aromatic carbocycles. The van der Waals surface area contributed by atoms with Crippen LogP contribution in [0.25, 0.3) is 11.1 Å². The van der Waals surface area contributed by atoms with Crippen LogP contribution in [-0.2, 0) is 13.0 Å². The van der Waals surface area contributed by atoms with Crippen molar-refractivity contribution in [2.45, 2.75) is 26.3 Å². The molecule has 0 saturated carbocycles. The van der Waals surface area contributed by atoms with Crippen molar-refractivity contribution in [1.29, 1.82) is 0 Å². The van der Waals surface area contributed by atoms with Crippen LogP contribution in [0.2, 0.25) is 0 Å². The van der Waals surface area contributed by atoms with Gasteiger partial charge >= 0.3 is 0 Å². The second kappa shape index (κ2) is 8.11. The number of nitrogens with zero attached hydrogens (tertiary/aromatic N) is 1.